The van der Waals surface area contributed by atoms with Crippen LogP contribution in [-0.2, 0) is 14.3 Å². The lowest BCUT2D eigenvalue weighted by molar-refractivity contribution is -0.140. The number of benzene rings is 1. The van der Waals surface area contributed by atoms with Gasteiger partial charge in [0.2, 0.25) is 5.91 Å². The zero-order chi connectivity index (χ0) is 25.7. The predicted octanol–water partition coefficient (Wildman–Crippen LogP) is 3.80. The van der Waals surface area contributed by atoms with E-state index in [2.05, 4.69) is 20.4 Å². The van der Waals surface area contributed by atoms with Crippen LogP contribution < -0.4 is 10.6 Å². The number of carbonyl (C=O) groups excluding carboxylic acids is 3. The van der Waals surface area contributed by atoms with E-state index in [4.69, 9.17) is 0 Å². The molecule has 2 aromatic rings. The molecule has 0 bridgehead atoms. The lowest BCUT2D eigenvalue weighted by atomic mass is 10.1. The molecule has 1 aliphatic carbocycles. The van der Waals surface area contributed by atoms with Crippen LogP contribution >= 0.6 is 23.1 Å². The number of esters is 1. The lowest BCUT2D eigenvalue weighted by Crippen LogP contribution is -2.47. The summed E-state index contributed by atoms with van der Waals surface area (Å²) in [4.78, 5) is 53.9. The topological polar surface area (TPSA) is 138 Å². The number of nitrogens with zero attached hydrogens (tertiary/aromatic N) is 2. The maximum atomic E-state index is 12.9. The molecule has 3 N–H and O–H groups in total. The van der Waals surface area contributed by atoms with E-state index in [1.165, 1.54) is 35.1 Å². The summed E-state index contributed by atoms with van der Waals surface area (Å²) in [5.41, 5.74) is 2.05. The van der Waals surface area contributed by atoms with Crippen LogP contribution in [0.2, 0.25) is 0 Å². The van der Waals surface area contributed by atoms with Crippen LogP contribution in [0.5, 0.6) is 0 Å². The van der Waals surface area contributed by atoms with Crippen LogP contribution in [0.25, 0.3) is 11.3 Å². The average molecular weight is 533 g/mol. The molecular formula is C24H28N4O6S2. The fourth-order valence-corrected chi connectivity index (χ4v) is 6.05. The van der Waals surface area contributed by atoms with Crippen molar-refractivity contribution in [3.63, 3.8) is 0 Å². The molecule has 1 saturated heterocycles. The van der Waals surface area contributed by atoms with Gasteiger partial charge in [0.05, 0.1) is 18.2 Å². The second-order valence-electron chi connectivity index (χ2n) is 8.67. The van der Waals surface area contributed by atoms with E-state index < -0.39 is 18.0 Å². The number of unbranched alkanes of at least 4 members (excludes halogenated alkanes) is 1. The van der Waals surface area contributed by atoms with Gasteiger partial charge in [0.25, 0.3) is 5.91 Å². The van der Waals surface area contributed by atoms with Gasteiger partial charge in [-0.15, -0.1) is 23.1 Å². The molecule has 2 heterocycles. The van der Waals surface area contributed by atoms with Crippen molar-refractivity contribution in [1.29, 1.82) is 0 Å². The van der Waals surface area contributed by atoms with E-state index in [0.717, 1.165) is 18.4 Å². The first-order valence-corrected chi connectivity index (χ1v) is 13.7. The normalized spacial score (nSPS) is 19.1. The van der Waals surface area contributed by atoms with E-state index in [9.17, 15) is 24.3 Å². The number of methoxy groups -OCH3 is 1. The highest BCUT2D eigenvalue weighted by molar-refractivity contribution is 8.00. The van der Waals surface area contributed by atoms with Crippen LogP contribution in [-0.4, -0.2) is 69.2 Å². The molecule has 1 saturated carbocycles. The third kappa shape index (κ3) is 6.55. The number of carbonyl (C=O) groups is 4. The molecule has 0 spiro atoms. The maximum absolute atomic E-state index is 12.9. The first kappa shape index (κ1) is 26.0. The highest BCUT2D eigenvalue weighted by atomic mass is 32.2. The van der Waals surface area contributed by atoms with Gasteiger partial charge in [0.1, 0.15) is 6.04 Å². The Bertz CT molecular complexity index is 1120. The van der Waals surface area contributed by atoms with Gasteiger partial charge in [-0.25, -0.2) is 9.78 Å². The summed E-state index contributed by atoms with van der Waals surface area (Å²) in [5.74, 6) is -0.453. The van der Waals surface area contributed by atoms with Crippen LogP contribution in [0.4, 0.5) is 9.93 Å². The van der Waals surface area contributed by atoms with E-state index in [0.29, 0.717) is 47.4 Å². The van der Waals surface area contributed by atoms with Crippen molar-refractivity contribution in [3.05, 3.63) is 35.2 Å². The molecule has 1 aliphatic heterocycles. The Morgan fingerprint density at radius 2 is 1.92 bits per heavy atom. The monoisotopic (exact) mass is 532 g/mol. The number of amides is 3. The molecular weight excluding hydrogens is 504 g/mol. The Hall–Kier alpha value is -3.12. The van der Waals surface area contributed by atoms with E-state index in [1.807, 2.05) is 12.1 Å². The van der Waals surface area contributed by atoms with Crippen LogP contribution in [0.15, 0.2) is 29.6 Å². The molecule has 1 aromatic heterocycles. The zero-order valence-electron chi connectivity index (χ0n) is 19.8. The van der Waals surface area contributed by atoms with E-state index >= 15 is 0 Å². The van der Waals surface area contributed by atoms with Gasteiger partial charge in [-0.1, -0.05) is 12.1 Å². The average Bonchev–Trinajstić information content (AvgIpc) is 3.38. The number of ether oxygens (including phenoxy) is 1. The third-order valence-electron chi connectivity index (χ3n) is 6.02. The van der Waals surface area contributed by atoms with Gasteiger partial charge in [-0.2, -0.15) is 0 Å². The van der Waals surface area contributed by atoms with Crippen LogP contribution in [0.1, 0.15) is 48.9 Å². The molecule has 12 heteroatoms. The maximum Gasteiger partial charge on any atom is 0.408 e. The van der Waals surface area contributed by atoms with Gasteiger partial charge < -0.3 is 20.5 Å². The summed E-state index contributed by atoms with van der Waals surface area (Å²) in [6, 6.07) is 6.58. The number of rotatable bonds is 10. The number of nitrogens with one attached hydrogen (secondary N) is 2. The lowest BCUT2D eigenvalue weighted by Gasteiger charge is -2.25. The number of hydrogen-bond donors (Lipinski definition) is 3. The Balaban J connectivity index is 1.32. The minimum absolute atomic E-state index is 0.0885. The summed E-state index contributed by atoms with van der Waals surface area (Å²) in [6.07, 6.45) is 2.99. The Labute approximate surface area is 216 Å². The number of thioether (sulfide) groups is 1. The zero-order valence-corrected chi connectivity index (χ0v) is 21.4. The van der Waals surface area contributed by atoms with E-state index in [1.54, 1.807) is 17.5 Å². The van der Waals surface area contributed by atoms with Crippen molar-refractivity contribution in [1.82, 2.24) is 15.2 Å². The summed E-state index contributed by atoms with van der Waals surface area (Å²) in [7, 11) is 1.34. The molecule has 2 aliphatic rings. The van der Waals surface area contributed by atoms with Crippen LogP contribution in [0, 0.1) is 0 Å². The third-order valence-corrected chi connectivity index (χ3v) is 8.13. The van der Waals surface area contributed by atoms with Crippen molar-refractivity contribution >= 4 is 52.1 Å². The second-order valence-corrected chi connectivity index (χ2v) is 10.7. The summed E-state index contributed by atoms with van der Waals surface area (Å²) in [6.45, 7) is 0. The first-order valence-electron chi connectivity index (χ1n) is 11.7. The number of hydrogen-bond acceptors (Lipinski definition) is 8. The molecule has 0 radical (unpaired) electrons. The quantitative estimate of drug-likeness (QED) is 0.310. The number of thiazole rings is 1. The van der Waals surface area contributed by atoms with Crippen molar-refractivity contribution in [2.24, 2.45) is 0 Å². The van der Waals surface area contributed by atoms with Crippen molar-refractivity contribution < 1.29 is 29.0 Å². The van der Waals surface area contributed by atoms with Gasteiger partial charge in [0, 0.05) is 34.7 Å². The molecule has 2 fully saturated rings. The van der Waals surface area contributed by atoms with E-state index in [-0.39, 0.29) is 23.7 Å². The Morgan fingerprint density at radius 1 is 1.17 bits per heavy atom. The summed E-state index contributed by atoms with van der Waals surface area (Å²) >= 11 is 2.67. The minimum atomic E-state index is -1.15. The molecule has 10 nitrogen and oxygen atoms in total. The van der Waals surface area contributed by atoms with Gasteiger partial charge >= 0.3 is 12.1 Å². The molecule has 36 heavy (non-hydrogen) atoms. The van der Waals surface area contributed by atoms with Gasteiger partial charge in [-0.05, 0) is 44.2 Å². The first-order chi connectivity index (χ1) is 17.4. The van der Waals surface area contributed by atoms with Gasteiger partial charge in [0.15, 0.2) is 5.13 Å². The molecule has 4 rings (SSSR count). The second kappa shape index (κ2) is 11.7. The number of anilines is 1. The SMILES string of the molecule is COC(=O)CCCCC1SCC(C(=O)Nc2nc(-c3ccc(C(=O)NC4CC4)cc3)cs2)N1C(=O)O. The van der Waals surface area contributed by atoms with Crippen LogP contribution in [0.3, 0.4) is 0 Å². The highest BCUT2D eigenvalue weighted by Gasteiger charge is 2.41. The fraction of sp³-hybridized carbons (Fsp3) is 0.458. The number of aromatic nitrogens is 1. The molecule has 1 aromatic carbocycles. The molecule has 2 unspecified atom stereocenters. The predicted molar refractivity (Wildman–Crippen MR) is 137 cm³/mol. The Kier molecular flexibility index (Phi) is 8.47. The minimum Gasteiger partial charge on any atom is -0.469 e. The van der Waals surface area contributed by atoms with Crippen molar-refractivity contribution in [3.8, 4) is 11.3 Å². The molecule has 2 atom stereocenters. The molecule has 3 amide bonds. The van der Waals surface area contributed by atoms with Gasteiger partial charge in [-0.3, -0.25) is 19.3 Å². The summed E-state index contributed by atoms with van der Waals surface area (Å²) in [5, 5.41) is 17.3. The highest BCUT2D eigenvalue weighted by Crippen LogP contribution is 2.34. The smallest absolute Gasteiger partial charge is 0.408 e. The molecule has 192 valence electrons. The largest absolute Gasteiger partial charge is 0.469 e. The fourth-order valence-electron chi connectivity index (χ4n) is 3.88. The standard InChI is InChI=1S/C24H28N4O6S2/c1-34-20(29)5-3-2-4-19-28(24(32)33)18(13-35-19)22(31)27-23-26-17(12-36-23)14-6-8-15(9-7-14)21(30)25-16-10-11-16/h6-9,12,16,18-19H,2-5,10-11,13H2,1H3,(H,25,30)(H,32,33)(H,26,27,31). The van der Waals surface area contributed by atoms with Crippen molar-refractivity contribution in [2.45, 2.75) is 56.0 Å². The summed E-state index contributed by atoms with van der Waals surface area (Å²) < 4.78 is 4.62. The number of carboxylic acid groups (broad SMARTS) is 1. The van der Waals surface area contributed by atoms with Crippen molar-refractivity contribution in [2.75, 3.05) is 18.2 Å². The Morgan fingerprint density at radius 3 is 2.58 bits per heavy atom.